The Bertz CT molecular complexity index is 1380. The SMILES string of the molecule is Cc1ccc(C(=O)CN(C(=O)c2ccc([N+](=O)[O-])cc2)N2C(=O)[C@@H]3[C@H]4C=C[C@@H]([C@@H]5C[C@@H]45)[C@@H]3C2=O)cc1C. The number of allylic oxidation sites excluding steroid dienone is 2. The predicted octanol–water partition coefficient (Wildman–Crippen LogP) is 3.50. The van der Waals surface area contributed by atoms with Crippen molar-refractivity contribution in [2.24, 2.45) is 35.5 Å². The van der Waals surface area contributed by atoms with Gasteiger partial charge in [0.25, 0.3) is 23.4 Å². The van der Waals surface area contributed by atoms with Crippen LogP contribution in [-0.2, 0) is 9.59 Å². The number of imide groups is 1. The molecule has 0 unspecified atom stereocenters. The fourth-order valence-electron chi connectivity index (χ4n) is 6.43. The highest BCUT2D eigenvalue weighted by molar-refractivity contribution is 6.10. The molecule has 37 heavy (non-hydrogen) atoms. The number of hydrazine groups is 1. The number of hydrogen-bond acceptors (Lipinski definition) is 6. The van der Waals surface area contributed by atoms with E-state index < -0.39 is 46.8 Å². The molecule has 0 aromatic heterocycles. The van der Waals surface area contributed by atoms with E-state index in [9.17, 15) is 29.3 Å². The minimum Gasteiger partial charge on any atom is -0.292 e. The summed E-state index contributed by atoms with van der Waals surface area (Å²) < 4.78 is 0. The van der Waals surface area contributed by atoms with Crippen LogP contribution in [0.4, 0.5) is 5.69 Å². The fraction of sp³-hybridized carbons (Fsp3) is 0.357. The number of benzene rings is 2. The standard InChI is InChI=1S/C28H25N3O6/c1-14-3-4-17(11-15(14)2)23(32)13-29(26(33)16-5-7-18(8-6-16)31(36)37)30-27(34)24-19-9-10-20(22-12-21(19)22)25(24)28(30)35/h3-11,19-22,24-25H,12-13H2,1-2H3/t19-,20-,21-,22-,24-,25+/m0/s1. The van der Waals surface area contributed by atoms with Crippen molar-refractivity contribution < 1.29 is 24.1 Å². The summed E-state index contributed by atoms with van der Waals surface area (Å²) in [5.41, 5.74) is 2.11. The lowest BCUT2D eigenvalue weighted by Gasteiger charge is -2.37. The Balaban J connectivity index is 1.36. The van der Waals surface area contributed by atoms with Gasteiger partial charge in [0.1, 0.15) is 6.54 Å². The molecule has 4 aliphatic carbocycles. The Kier molecular flexibility index (Phi) is 5.15. The van der Waals surface area contributed by atoms with E-state index in [1.807, 2.05) is 26.0 Å². The number of aryl methyl sites for hydroxylation is 2. The van der Waals surface area contributed by atoms with E-state index >= 15 is 0 Å². The molecule has 2 aromatic carbocycles. The van der Waals surface area contributed by atoms with Crippen LogP contribution in [0.25, 0.3) is 0 Å². The molecule has 6 atom stereocenters. The molecule has 1 heterocycles. The number of nitro groups is 1. The summed E-state index contributed by atoms with van der Waals surface area (Å²) in [6, 6.07) is 10.1. The predicted molar refractivity (Wildman–Crippen MR) is 131 cm³/mol. The van der Waals surface area contributed by atoms with Crippen molar-refractivity contribution in [2.45, 2.75) is 20.3 Å². The number of rotatable bonds is 6. The number of non-ortho nitro benzene ring substituents is 1. The van der Waals surface area contributed by atoms with Gasteiger partial charge in [-0.25, -0.2) is 5.01 Å². The monoisotopic (exact) mass is 499 g/mol. The highest BCUT2D eigenvalue weighted by Crippen LogP contribution is 2.65. The Morgan fingerprint density at radius 3 is 2.03 bits per heavy atom. The Labute approximate surface area is 212 Å². The van der Waals surface area contributed by atoms with Crippen LogP contribution >= 0.6 is 0 Å². The van der Waals surface area contributed by atoms with Gasteiger partial charge in [0.15, 0.2) is 5.78 Å². The van der Waals surface area contributed by atoms with Crippen LogP contribution in [0.2, 0.25) is 0 Å². The zero-order valence-corrected chi connectivity index (χ0v) is 20.4. The van der Waals surface area contributed by atoms with Gasteiger partial charge in [-0.2, -0.15) is 5.01 Å². The molecule has 0 N–H and O–H groups in total. The number of hydrogen-bond donors (Lipinski definition) is 0. The second-order valence-corrected chi connectivity index (χ2v) is 10.5. The van der Waals surface area contributed by atoms with E-state index in [0.717, 1.165) is 27.6 Å². The Morgan fingerprint density at radius 1 is 0.919 bits per heavy atom. The third kappa shape index (κ3) is 3.52. The van der Waals surface area contributed by atoms with Gasteiger partial charge < -0.3 is 0 Å². The minimum absolute atomic E-state index is 0.0340. The summed E-state index contributed by atoms with van der Waals surface area (Å²) in [6.45, 7) is 3.29. The van der Waals surface area contributed by atoms with Crippen LogP contribution in [0.1, 0.15) is 38.3 Å². The van der Waals surface area contributed by atoms with Gasteiger partial charge in [0.2, 0.25) is 0 Å². The highest BCUT2D eigenvalue weighted by atomic mass is 16.6. The Morgan fingerprint density at radius 2 is 1.49 bits per heavy atom. The largest absolute Gasteiger partial charge is 0.292 e. The zero-order chi connectivity index (χ0) is 26.2. The molecule has 0 spiro atoms. The van der Waals surface area contributed by atoms with Gasteiger partial charge in [-0.1, -0.05) is 24.3 Å². The van der Waals surface area contributed by atoms with E-state index in [-0.39, 0.29) is 23.1 Å². The first-order valence-corrected chi connectivity index (χ1v) is 12.4. The van der Waals surface area contributed by atoms with E-state index in [1.165, 1.54) is 24.3 Å². The smallest absolute Gasteiger partial charge is 0.273 e. The maximum absolute atomic E-state index is 13.7. The summed E-state index contributed by atoms with van der Waals surface area (Å²) >= 11 is 0. The molecule has 188 valence electrons. The summed E-state index contributed by atoms with van der Waals surface area (Å²) in [5.74, 6) is -2.42. The summed E-state index contributed by atoms with van der Waals surface area (Å²) in [6.07, 6.45) is 5.08. The van der Waals surface area contributed by atoms with Gasteiger partial charge in [0.05, 0.1) is 16.8 Å². The number of amides is 3. The fourth-order valence-corrected chi connectivity index (χ4v) is 6.43. The molecular formula is C28H25N3O6. The molecular weight excluding hydrogens is 474 g/mol. The van der Waals surface area contributed by atoms with E-state index in [1.54, 1.807) is 18.2 Å². The summed E-state index contributed by atoms with van der Waals surface area (Å²) in [7, 11) is 0. The molecule has 1 aliphatic heterocycles. The maximum atomic E-state index is 13.7. The lowest BCUT2D eigenvalue weighted by molar-refractivity contribution is -0.384. The van der Waals surface area contributed by atoms with Crippen molar-refractivity contribution in [3.63, 3.8) is 0 Å². The van der Waals surface area contributed by atoms with Crippen LogP contribution in [0, 0.1) is 59.5 Å². The van der Waals surface area contributed by atoms with Gasteiger partial charge in [-0.15, -0.1) is 0 Å². The topological polar surface area (TPSA) is 118 Å². The first-order chi connectivity index (χ1) is 17.7. The molecule has 3 fully saturated rings. The van der Waals surface area contributed by atoms with E-state index in [4.69, 9.17) is 0 Å². The molecule has 5 aliphatic rings. The van der Waals surface area contributed by atoms with Crippen LogP contribution < -0.4 is 0 Å². The number of ketones is 1. The van der Waals surface area contributed by atoms with Crippen molar-refractivity contribution in [1.29, 1.82) is 0 Å². The second kappa shape index (κ2) is 8.19. The number of nitrogens with zero attached hydrogens (tertiary/aromatic N) is 3. The minimum atomic E-state index is -0.738. The zero-order valence-electron chi connectivity index (χ0n) is 20.4. The van der Waals surface area contributed by atoms with Crippen LogP contribution in [-0.4, -0.2) is 45.0 Å². The van der Waals surface area contributed by atoms with Gasteiger partial charge in [-0.3, -0.25) is 29.3 Å². The Hall–Kier alpha value is -4.14. The third-order valence-corrected chi connectivity index (χ3v) is 8.56. The highest BCUT2D eigenvalue weighted by Gasteiger charge is 2.68. The quantitative estimate of drug-likeness (QED) is 0.197. The van der Waals surface area contributed by atoms with Crippen molar-refractivity contribution in [3.8, 4) is 0 Å². The number of Topliss-reactive ketones (excluding diaryl/α,β-unsaturated/α-hetero) is 1. The van der Waals surface area contributed by atoms with E-state index in [0.29, 0.717) is 17.4 Å². The first kappa shape index (κ1) is 23.3. The van der Waals surface area contributed by atoms with Crippen molar-refractivity contribution in [2.75, 3.05) is 6.54 Å². The molecule has 1 saturated heterocycles. The average molecular weight is 500 g/mol. The molecule has 7 rings (SSSR count). The number of carbonyl (C=O) groups excluding carboxylic acids is 4. The van der Waals surface area contributed by atoms with Gasteiger partial charge in [-0.05, 0) is 73.3 Å². The van der Waals surface area contributed by atoms with Gasteiger partial charge >= 0.3 is 0 Å². The van der Waals surface area contributed by atoms with Crippen LogP contribution in [0.5, 0.6) is 0 Å². The lowest BCUT2D eigenvalue weighted by atomic mass is 9.63. The first-order valence-electron chi connectivity index (χ1n) is 12.4. The molecule has 2 saturated carbocycles. The van der Waals surface area contributed by atoms with Crippen molar-refractivity contribution >= 4 is 29.2 Å². The molecule has 2 aromatic rings. The number of carbonyl (C=O) groups is 4. The summed E-state index contributed by atoms with van der Waals surface area (Å²) in [4.78, 5) is 65.0. The molecule has 9 heteroatoms. The van der Waals surface area contributed by atoms with Crippen LogP contribution in [0.3, 0.4) is 0 Å². The van der Waals surface area contributed by atoms with Crippen molar-refractivity contribution in [1.82, 2.24) is 10.0 Å². The molecule has 2 bridgehead atoms. The maximum Gasteiger partial charge on any atom is 0.273 e. The van der Waals surface area contributed by atoms with Crippen LogP contribution in [0.15, 0.2) is 54.6 Å². The second-order valence-electron chi connectivity index (χ2n) is 10.5. The van der Waals surface area contributed by atoms with Crippen molar-refractivity contribution in [3.05, 3.63) is 87.0 Å². The summed E-state index contributed by atoms with van der Waals surface area (Å²) in [5, 5.41) is 12.9. The molecule has 9 nitrogen and oxygen atoms in total. The van der Waals surface area contributed by atoms with E-state index in [2.05, 4.69) is 0 Å². The third-order valence-electron chi connectivity index (χ3n) is 8.56. The lowest BCUT2D eigenvalue weighted by Crippen LogP contribution is -2.52. The molecule has 0 radical (unpaired) electrons. The van der Waals surface area contributed by atoms with Gasteiger partial charge in [0, 0.05) is 23.3 Å². The average Bonchev–Trinajstić information content (AvgIpc) is 3.67. The molecule has 3 amide bonds. The number of nitro benzene ring substituents is 1. The normalized spacial score (nSPS) is 28.6.